The summed E-state index contributed by atoms with van der Waals surface area (Å²) in [6, 6.07) is 7.81. The van der Waals surface area contributed by atoms with Gasteiger partial charge in [0.2, 0.25) is 0 Å². The molecule has 1 aromatic carbocycles. The summed E-state index contributed by atoms with van der Waals surface area (Å²) in [5.74, 6) is 1.86. The molecule has 0 unspecified atom stereocenters. The molecule has 0 amide bonds. The number of benzene rings is 1. The van der Waals surface area contributed by atoms with Crippen molar-refractivity contribution in [1.29, 1.82) is 0 Å². The van der Waals surface area contributed by atoms with Crippen molar-refractivity contribution in [3.05, 3.63) is 39.8 Å². The lowest BCUT2D eigenvalue weighted by atomic mass is 10.4. The molecule has 1 heterocycles. The molecule has 0 aliphatic rings. The molecule has 2 rings (SSSR count). The smallest absolute Gasteiger partial charge is 0.270 e. The first-order valence-electron chi connectivity index (χ1n) is 6.37. The Morgan fingerprint density at radius 1 is 1.25 bits per heavy atom. The number of thioether (sulfide) groups is 2. The molecular weight excluding hydrogens is 314 g/mol. The lowest BCUT2D eigenvalue weighted by Gasteiger charge is -2.04. The molecule has 20 heavy (non-hydrogen) atoms. The number of halogens is 1. The second kappa shape index (κ2) is 7.81. The van der Waals surface area contributed by atoms with Crippen molar-refractivity contribution in [1.82, 2.24) is 14.8 Å². The summed E-state index contributed by atoms with van der Waals surface area (Å²) in [5.41, 5.74) is -0.125. The van der Waals surface area contributed by atoms with Crippen molar-refractivity contribution in [2.45, 2.75) is 29.9 Å². The number of nitrogens with one attached hydrogen (secondary N) is 1. The van der Waals surface area contributed by atoms with Crippen molar-refractivity contribution >= 4 is 35.1 Å². The average molecular weight is 330 g/mol. The van der Waals surface area contributed by atoms with Crippen LogP contribution in [0.1, 0.15) is 13.3 Å². The van der Waals surface area contributed by atoms with Gasteiger partial charge in [0.15, 0.2) is 5.16 Å². The monoisotopic (exact) mass is 329 g/mol. The fourth-order valence-corrected chi connectivity index (χ4v) is 3.64. The molecule has 0 fully saturated rings. The molecule has 0 spiro atoms. The van der Waals surface area contributed by atoms with Crippen LogP contribution in [0.5, 0.6) is 0 Å². The zero-order valence-corrected chi connectivity index (χ0v) is 13.5. The molecule has 0 saturated carbocycles. The first-order chi connectivity index (χ1) is 9.70. The zero-order valence-electron chi connectivity index (χ0n) is 11.1. The third kappa shape index (κ3) is 4.33. The van der Waals surface area contributed by atoms with Gasteiger partial charge in [0.25, 0.3) is 0 Å². The van der Waals surface area contributed by atoms with E-state index in [-0.39, 0.29) is 5.69 Å². The summed E-state index contributed by atoms with van der Waals surface area (Å²) < 4.78 is 1.69. The Bertz CT molecular complexity index is 594. The molecular formula is C13H16ClN3OS2. The van der Waals surface area contributed by atoms with Gasteiger partial charge in [-0.1, -0.05) is 30.3 Å². The van der Waals surface area contributed by atoms with Gasteiger partial charge in [0.05, 0.1) is 0 Å². The molecule has 0 radical (unpaired) electrons. The van der Waals surface area contributed by atoms with Gasteiger partial charge < -0.3 is 0 Å². The maximum Gasteiger partial charge on any atom is 0.343 e. The van der Waals surface area contributed by atoms with E-state index in [0.29, 0.717) is 6.54 Å². The molecule has 1 N–H and O–H groups in total. The van der Waals surface area contributed by atoms with Gasteiger partial charge in [-0.2, -0.15) is 0 Å². The van der Waals surface area contributed by atoms with E-state index in [1.165, 1.54) is 4.90 Å². The van der Waals surface area contributed by atoms with Crippen LogP contribution in [0.4, 0.5) is 0 Å². The second-order valence-electron chi connectivity index (χ2n) is 4.11. The van der Waals surface area contributed by atoms with Crippen LogP contribution in [-0.2, 0) is 6.54 Å². The molecule has 2 aromatic rings. The van der Waals surface area contributed by atoms with E-state index in [1.54, 1.807) is 28.1 Å². The lowest BCUT2D eigenvalue weighted by molar-refractivity contribution is 0.604. The molecule has 4 nitrogen and oxygen atoms in total. The van der Waals surface area contributed by atoms with Crippen LogP contribution >= 0.6 is 35.1 Å². The normalized spacial score (nSPS) is 10.9. The van der Waals surface area contributed by atoms with Gasteiger partial charge in [-0.15, -0.1) is 16.9 Å². The van der Waals surface area contributed by atoms with Crippen LogP contribution in [0, 0.1) is 0 Å². The summed E-state index contributed by atoms with van der Waals surface area (Å²) in [5, 5.41) is 8.08. The predicted octanol–water partition coefficient (Wildman–Crippen LogP) is 3.52. The fraction of sp³-hybridized carbons (Fsp3) is 0.385. The zero-order chi connectivity index (χ0) is 14.4. The highest BCUT2D eigenvalue weighted by molar-refractivity contribution is 8.02. The van der Waals surface area contributed by atoms with E-state index in [2.05, 4.69) is 10.2 Å². The Labute approximate surface area is 131 Å². The first kappa shape index (κ1) is 15.5. The molecule has 0 saturated heterocycles. The Balaban J connectivity index is 1.81. The predicted molar refractivity (Wildman–Crippen MR) is 86.0 cm³/mol. The largest absolute Gasteiger partial charge is 0.343 e. The summed E-state index contributed by atoms with van der Waals surface area (Å²) in [6.45, 7) is 2.76. The number of aromatic nitrogens is 3. The first-order valence-corrected chi connectivity index (χ1v) is 8.72. The van der Waals surface area contributed by atoms with Crippen LogP contribution in [0.15, 0.2) is 39.1 Å². The topological polar surface area (TPSA) is 50.7 Å². The molecule has 7 heteroatoms. The SMILES string of the molecule is CCCn1c(SCCSc2ccc(Cl)cc2)n[nH]c1=O. The van der Waals surface area contributed by atoms with Gasteiger partial charge in [-0.25, -0.2) is 9.89 Å². The minimum absolute atomic E-state index is 0.125. The molecule has 0 atom stereocenters. The quantitative estimate of drug-likeness (QED) is 0.623. The van der Waals surface area contributed by atoms with Crippen molar-refractivity contribution in [3.8, 4) is 0 Å². The average Bonchev–Trinajstić information content (AvgIpc) is 2.79. The highest BCUT2D eigenvalue weighted by Gasteiger charge is 2.07. The minimum atomic E-state index is -0.125. The van der Waals surface area contributed by atoms with E-state index in [0.717, 1.165) is 28.1 Å². The maximum absolute atomic E-state index is 11.5. The highest BCUT2D eigenvalue weighted by Crippen LogP contribution is 2.23. The second-order valence-corrected chi connectivity index (χ2v) is 6.78. The fourth-order valence-electron chi connectivity index (χ4n) is 1.66. The summed E-state index contributed by atoms with van der Waals surface area (Å²) in [6.07, 6.45) is 0.923. The number of H-pyrrole nitrogens is 1. The highest BCUT2D eigenvalue weighted by atomic mass is 35.5. The number of hydrogen-bond acceptors (Lipinski definition) is 4. The van der Waals surface area contributed by atoms with Crippen molar-refractivity contribution in [2.24, 2.45) is 0 Å². The minimum Gasteiger partial charge on any atom is -0.270 e. The number of rotatable bonds is 7. The third-order valence-electron chi connectivity index (χ3n) is 2.57. The van der Waals surface area contributed by atoms with Gasteiger partial charge in [0.1, 0.15) is 0 Å². The van der Waals surface area contributed by atoms with Gasteiger partial charge in [-0.05, 0) is 30.7 Å². The van der Waals surface area contributed by atoms with Crippen molar-refractivity contribution in [2.75, 3.05) is 11.5 Å². The Hall–Kier alpha value is -0.850. The number of nitrogens with zero attached hydrogens (tertiary/aromatic N) is 2. The van der Waals surface area contributed by atoms with Gasteiger partial charge >= 0.3 is 5.69 Å². The molecule has 0 bridgehead atoms. The van der Waals surface area contributed by atoms with Crippen LogP contribution in [0.3, 0.4) is 0 Å². The third-order valence-corrected chi connectivity index (χ3v) is 5.07. The van der Waals surface area contributed by atoms with Crippen molar-refractivity contribution in [3.63, 3.8) is 0 Å². The maximum atomic E-state index is 11.5. The Morgan fingerprint density at radius 2 is 1.95 bits per heavy atom. The lowest BCUT2D eigenvalue weighted by Crippen LogP contribution is -2.17. The summed E-state index contributed by atoms with van der Waals surface area (Å²) in [4.78, 5) is 12.7. The number of hydrogen-bond donors (Lipinski definition) is 1. The van der Waals surface area contributed by atoms with Gasteiger partial charge in [-0.3, -0.25) is 4.57 Å². The summed E-state index contributed by atoms with van der Waals surface area (Å²) >= 11 is 9.22. The van der Waals surface area contributed by atoms with E-state index in [1.807, 2.05) is 31.2 Å². The Kier molecular flexibility index (Phi) is 6.06. The van der Waals surface area contributed by atoms with Crippen LogP contribution in [-0.4, -0.2) is 26.3 Å². The van der Waals surface area contributed by atoms with E-state index < -0.39 is 0 Å². The van der Waals surface area contributed by atoms with Crippen molar-refractivity contribution < 1.29 is 0 Å². The van der Waals surface area contributed by atoms with Crippen LogP contribution in [0.2, 0.25) is 5.02 Å². The molecule has 1 aromatic heterocycles. The van der Waals surface area contributed by atoms with E-state index >= 15 is 0 Å². The van der Waals surface area contributed by atoms with E-state index in [4.69, 9.17) is 11.6 Å². The summed E-state index contributed by atoms with van der Waals surface area (Å²) in [7, 11) is 0. The van der Waals surface area contributed by atoms with Gasteiger partial charge in [0, 0.05) is 28.0 Å². The molecule has 0 aliphatic heterocycles. The van der Waals surface area contributed by atoms with E-state index in [9.17, 15) is 4.79 Å². The van der Waals surface area contributed by atoms with Crippen LogP contribution < -0.4 is 5.69 Å². The van der Waals surface area contributed by atoms with Crippen LogP contribution in [0.25, 0.3) is 0 Å². The molecule has 0 aliphatic carbocycles. The standard InChI is InChI=1S/C13H16ClN3OS2/c1-2-7-17-12(18)15-16-13(17)20-9-8-19-11-5-3-10(14)4-6-11/h3-6H,2,7-9H2,1H3,(H,15,18). The molecule has 108 valence electrons. The number of aromatic amines is 1. The Morgan fingerprint density at radius 3 is 2.65 bits per heavy atom.